The molecule has 10 heteroatoms. The highest BCUT2D eigenvalue weighted by molar-refractivity contribution is 7.47. The number of hydrogen-bond donors (Lipinski definition) is 2. The van der Waals surface area contributed by atoms with E-state index in [0.717, 1.165) is 103 Å². The Morgan fingerprint density at radius 2 is 0.982 bits per heavy atom. The highest BCUT2D eigenvalue weighted by atomic mass is 31.2. The van der Waals surface area contributed by atoms with Gasteiger partial charge in [0.25, 0.3) is 0 Å². The van der Waals surface area contributed by atoms with Gasteiger partial charge in [-0.3, -0.25) is 18.6 Å². The minimum Gasteiger partial charge on any atom is -0.462 e. The molecule has 9 nitrogen and oxygen atoms in total. The molecule has 2 atom stereocenters. The van der Waals surface area contributed by atoms with Crippen LogP contribution in [0, 0.1) is 0 Å². The van der Waals surface area contributed by atoms with Crippen LogP contribution in [-0.2, 0) is 32.7 Å². The molecule has 0 saturated heterocycles. The summed E-state index contributed by atoms with van der Waals surface area (Å²) in [6.45, 7) is 3.59. The fraction of sp³-hybridized carbons (Fsp3) is 0.739. The predicted octanol–water partition coefficient (Wildman–Crippen LogP) is 12.9. The van der Waals surface area contributed by atoms with Gasteiger partial charge in [-0.25, -0.2) is 4.57 Å². The Bertz CT molecular complexity index is 1100. The summed E-state index contributed by atoms with van der Waals surface area (Å²) < 4.78 is 32.8. The van der Waals surface area contributed by atoms with Gasteiger partial charge in [0.15, 0.2) is 6.10 Å². The Kier molecular flexibility index (Phi) is 40.6. The van der Waals surface area contributed by atoms with Crippen LogP contribution in [0.15, 0.2) is 60.8 Å². The summed E-state index contributed by atoms with van der Waals surface area (Å²) in [6, 6.07) is 0. The number of unbranched alkanes of at least 4 members (excludes halogenated alkanes) is 18. The second-order valence-corrected chi connectivity index (χ2v) is 16.0. The van der Waals surface area contributed by atoms with E-state index < -0.39 is 32.5 Å². The third-order valence-electron chi connectivity index (χ3n) is 9.14. The first-order valence-corrected chi connectivity index (χ1v) is 23.8. The first-order valence-electron chi connectivity index (χ1n) is 22.3. The Morgan fingerprint density at radius 3 is 1.48 bits per heavy atom. The van der Waals surface area contributed by atoms with Gasteiger partial charge in [-0.15, -0.1) is 0 Å². The summed E-state index contributed by atoms with van der Waals surface area (Å²) in [5.74, 6) is -0.856. The number of carbonyl (C=O) groups excluding carboxylic acids is 2. The fourth-order valence-corrected chi connectivity index (χ4v) is 6.62. The number of nitrogens with two attached hydrogens (primary N) is 1. The molecule has 0 radical (unpaired) electrons. The van der Waals surface area contributed by atoms with Gasteiger partial charge in [0.1, 0.15) is 6.61 Å². The second-order valence-electron chi connectivity index (χ2n) is 14.5. The van der Waals surface area contributed by atoms with E-state index in [-0.39, 0.29) is 32.6 Å². The minimum atomic E-state index is -4.39. The smallest absolute Gasteiger partial charge is 0.462 e. The number of allylic oxidation sites excluding steroid dienone is 10. The highest BCUT2D eigenvalue weighted by Gasteiger charge is 2.26. The molecule has 0 amide bonds. The number of phosphoric acid groups is 1. The molecular weight excluding hydrogens is 725 g/mol. The van der Waals surface area contributed by atoms with Crippen LogP contribution in [0.5, 0.6) is 0 Å². The van der Waals surface area contributed by atoms with Crippen LogP contribution in [0.2, 0.25) is 0 Å². The van der Waals surface area contributed by atoms with E-state index in [0.29, 0.717) is 6.42 Å². The molecule has 2 unspecified atom stereocenters. The van der Waals surface area contributed by atoms with E-state index in [1.54, 1.807) is 0 Å². The molecule has 0 aromatic heterocycles. The van der Waals surface area contributed by atoms with Crippen molar-refractivity contribution < 1.29 is 37.6 Å². The van der Waals surface area contributed by atoms with Crippen molar-refractivity contribution in [1.82, 2.24) is 0 Å². The monoisotopic (exact) mass is 808 g/mol. The average molecular weight is 808 g/mol. The SMILES string of the molecule is CC/C=C\C/C=C\C/C=C\C/C=C\CCCCCCCCC(=O)OC(COC(=O)CCCCCCC/C=C\CCCCCCCCC)COP(=O)(O)OCCN. The largest absolute Gasteiger partial charge is 0.472 e. The summed E-state index contributed by atoms with van der Waals surface area (Å²) in [5.41, 5.74) is 5.35. The average Bonchev–Trinajstić information content (AvgIpc) is 3.18. The summed E-state index contributed by atoms with van der Waals surface area (Å²) in [6.07, 6.45) is 49.6. The zero-order chi connectivity index (χ0) is 41.1. The maximum Gasteiger partial charge on any atom is 0.472 e. The lowest BCUT2D eigenvalue weighted by molar-refractivity contribution is -0.161. The van der Waals surface area contributed by atoms with E-state index >= 15 is 0 Å². The van der Waals surface area contributed by atoms with Gasteiger partial charge >= 0.3 is 19.8 Å². The van der Waals surface area contributed by atoms with Gasteiger partial charge in [-0.1, -0.05) is 158 Å². The summed E-state index contributed by atoms with van der Waals surface area (Å²) >= 11 is 0. The van der Waals surface area contributed by atoms with Gasteiger partial charge in [0, 0.05) is 19.4 Å². The predicted molar refractivity (Wildman–Crippen MR) is 233 cm³/mol. The lowest BCUT2D eigenvalue weighted by Crippen LogP contribution is -2.29. The summed E-state index contributed by atoms with van der Waals surface area (Å²) in [7, 11) is -4.39. The lowest BCUT2D eigenvalue weighted by Gasteiger charge is -2.19. The molecule has 0 spiro atoms. The molecule has 0 bridgehead atoms. The van der Waals surface area contributed by atoms with Crippen molar-refractivity contribution in [3.8, 4) is 0 Å². The van der Waals surface area contributed by atoms with E-state index in [4.69, 9.17) is 24.3 Å². The molecule has 0 saturated carbocycles. The number of rotatable bonds is 41. The lowest BCUT2D eigenvalue weighted by atomic mass is 10.1. The van der Waals surface area contributed by atoms with Crippen molar-refractivity contribution in [3.05, 3.63) is 60.8 Å². The first kappa shape index (κ1) is 53.7. The number of phosphoric ester groups is 1. The third kappa shape index (κ3) is 41.3. The molecule has 0 fully saturated rings. The molecular formula is C46H82NO8P. The van der Waals surface area contributed by atoms with Crippen molar-refractivity contribution in [1.29, 1.82) is 0 Å². The van der Waals surface area contributed by atoms with Crippen LogP contribution in [0.4, 0.5) is 0 Å². The normalized spacial score (nSPS) is 13.9. The molecule has 0 aliphatic heterocycles. The van der Waals surface area contributed by atoms with Crippen LogP contribution in [0.1, 0.15) is 187 Å². The van der Waals surface area contributed by atoms with Crippen LogP contribution in [-0.4, -0.2) is 49.3 Å². The van der Waals surface area contributed by atoms with E-state index in [1.807, 2.05) is 0 Å². The summed E-state index contributed by atoms with van der Waals surface area (Å²) in [5, 5.41) is 0. The zero-order valence-corrected chi connectivity index (χ0v) is 36.5. The highest BCUT2D eigenvalue weighted by Crippen LogP contribution is 2.43. The Balaban J connectivity index is 4.19. The van der Waals surface area contributed by atoms with Crippen molar-refractivity contribution in [2.75, 3.05) is 26.4 Å². The van der Waals surface area contributed by atoms with Gasteiger partial charge in [0.2, 0.25) is 0 Å². The molecule has 324 valence electrons. The molecule has 0 rings (SSSR count). The topological polar surface area (TPSA) is 134 Å². The van der Waals surface area contributed by atoms with E-state index in [9.17, 15) is 19.0 Å². The molecule has 56 heavy (non-hydrogen) atoms. The second kappa shape index (κ2) is 42.3. The Labute approximate surface area is 342 Å². The van der Waals surface area contributed by atoms with Crippen molar-refractivity contribution in [2.45, 2.75) is 193 Å². The van der Waals surface area contributed by atoms with Crippen molar-refractivity contribution in [2.24, 2.45) is 5.73 Å². The van der Waals surface area contributed by atoms with Crippen LogP contribution >= 0.6 is 7.82 Å². The van der Waals surface area contributed by atoms with Gasteiger partial charge < -0.3 is 20.1 Å². The first-order chi connectivity index (χ1) is 27.3. The van der Waals surface area contributed by atoms with Gasteiger partial charge in [-0.2, -0.15) is 0 Å². The quantitative estimate of drug-likeness (QED) is 0.0268. The van der Waals surface area contributed by atoms with Crippen molar-refractivity contribution >= 4 is 19.8 Å². The maximum absolute atomic E-state index is 12.6. The molecule has 0 aromatic rings. The summed E-state index contributed by atoms with van der Waals surface area (Å²) in [4.78, 5) is 34.9. The van der Waals surface area contributed by atoms with Crippen LogP contribution in [0.3, 0.4) is 0 Å². The van der Waals surface area contributed by atoms with Crippen molar-refractivity contribution in [3.63, 3.8) is 0 Å². The van der Waals surface area contributed by atoms with Gasteiger partial charge in [0.05, 0.1) is 13.2 Å². The van der Waals surface area contributed by atoms with E-state index in [1.165, 1.54) is 51.4 Å². The minimum absolute atomic E-state index is 0.0473. The Hall–Kier alpha value is -2.29. The fourth-order valence-electron chi connectivity index (χ4n) is 5.85. The number of esters is 2. The van der Waals surface area contributed by atoms with Crippen LogP contribution < -0.4 is 5.73 Å². The standard InChI is InChI=1S/C46H82NO8P/c1-3-5-7-9-11-13-15-17-19-21-22-23-25-27-29-31-33-35-37-39-46(49)55-44(43-54-56(50,51)53-41-40-47)42-52-45(48)38-36-34-32-30-28-26-24-20-18-16-14-12-10-8-6-4-2/h5,7,11,13,17,19-20,22-24,44H,3-4,6,8-10,12,14-16,18,21,25-43,47H2,1-2H3,(H,50,51)/b7-5-,13-11-,19-17-,23-22-,24-20-. The number of hydrogen-bond acceptors (Lipinski definition) is 8. The molecule has 0 heterocycles. The number of carbonyl (C=O) groups is 2. The number of ether oxygens (including phenoxy) is 2. The molecule has 3 N–H and O–H groups in total. The van der Waals surface area contributed by atoms with Gasteiger partial charge in [-0.05, 0) is 77.0 Å². The molecule has 0 aromatic carbocycles. The van der Waals surface area contributed by atoms with E-state index in [2.05, 4.69) is 74.6 Å². The zero-order valence-electron chi connectivity index (χ0n) is 35.6. The van der Waals surface area contributed by atoms with Crippen LogP contribution in [0.25, 0.3) is 0 Å². The molecule has 0 aliphatic carbocycles. The Morgan fingerprint density at radius 1 is 0.554 bits per heavy atom. The molecule has 0 aliphatic rings. The maximum atomic E-state index is 12.6. The third-order valence-corrected chi connectivity index (χ3v) is 10.1.